The van der Waals surface area contributed by atoms with Crippen LogP contribution in [0.3, 0.4) is 0 Å². The zero-order valence-electron chi connectivity index (χ0n) is 16.1. The molecule has 0 radical (unpaired) electrons. The summed E-state index contributed by atoms with van der Waals surface area (Å²) < 4.78 is 13.8. The van der Waals surface area contributed by atoms with E-state index in [0.29, 0.717) is 10.9 Å². The number of amides is 2. The average Bonchev–Trinajstić information content (AvgIpc) is 3.05. The summed E-state index contributed by atoms with van der Waals surface area (Å²) in [4.78, 5) is 31.9. The molecule has 1 unspecified atom stereocenters. The molecular formula is C23H20FN3O2S. The summed E-state index contributed by atoms with van der Waals surface area (Å²) in [6, 6.07) is 15.2. The number of rotatable bonds is 5. The fraction of sp³-hybridized carbons (Fsp3) is 0.174. The van der Waals surface area contributed by atoms with E-state index in [0.717, 1.165) is 18.5 Å². The van der Waals surface area contributed by atoms with Gasteiger partial charge in [0, 0.05) is 12.1 Å². The Morgan fingerprint density at radius 2 is 1.93 bits per heavy atom. The van der Waals surface area contributed by atoms with Crippen LogP contribution in [0.1, 0.15) is 19.3 Å². The molecule has 1 aliphatic heterocycles. The van der Waals surface area contributed by atoms with E-state index < -0.39 is 17.0 Å². The molecule has 5 nitrogen and oxygen atoms in total. The van der Waals surface area contributed by atoms with Crippen LogP contribution in [0.25, 0.3) is 0 Å². The van der Waals surface area contributed by atoms with Gasteiger partial charge in [-0.1, -0.05) is 54.2 Å². The van der Waals surface area contributed by atoms with Crippen LogP contribution in [0.2, 0.25) is 0 Å². The highest BCUT2D eigenvalue weighted by molar-refractivity contribution is 8.16. The van der Waals surface area contributed by atoms with Gasteiger partial charge >= 0.3 is 0 Å². The fourth-order valence-electron chi connectivity index (χ4n) is 3.23. The van der Waals surface area contributed by atoms with Crippen LogP contribution in [0.5, 0.6) is 0 Å². The van der Waals surface area contributed by atoms with E-state index in [1.54, 1.807) is 17.0 Å². The van der Waals surface area contributed by atoms with Crippen LogP contribution in [-0.4, -0.2) is 22.2 Å². The van der Waals surface area contributed by atoms with E-state index in [1.807, 2.05) is 42.5 Å². The van der Waals surface area contributed by atoms with Crippen LogP contribution < -0.4 is 10.2 Å². The third-order valence-corrected chi connectivity index (χ3v) is 5.84. The van der Waals surface area contributed by atoms with Gasteiger partial charge in [0.2, 0.25) is 11.8 Å². The third kappa shape index (κ3) is 4.52. The highest BCUT2D eigenvalue weighted by Crippen LogP contribution is 2.35. The summed E-state index contributed by atoms with van der Waals surface area (Å²) in [6.07, 6.45) is 7.59. The van der Waals surface area contributed by atoms with Gasteiger partial charge in [-0.05, 0) is 43.2 Å². The van der Waals surface area contributed by atoms with E-state index in [4.69, 9.17) is 4.99 Å². The van der Waals surface area contributed by atoms with Crippen LogP contribution in [0.15, 0.2) is 83.5 Å². The molecule has 1 fully saturated rings. The second-order valence-corrected chi connectivity index (χ2v) is 8.04. The monoisotopic (exact) mass is 421 g/mol. The molecule has 0 saturated carbocycles. The average molecular weight is 421 g/mol. The Morgan fingerprint density at radius 3 is 2.67 bits per heavy atom. The number of thioether (sulfide) groups is 1. The Hall–Kier alpha value is -3.19. The van der Waals surface area contributed by atoms with Gasteiger partial charge in [0.15, 0.2) is 5.17 Å². The second-order valence-electron chi connectivity index (χ2n) is 6.87. The fourth-order valence-corrected chi connectivity index (χ4v) is 4.39. The van der Waals surface area contributed by atoms with Crippen LogP contribution in [0, 0.1) is 5.82 Å². The molecule has 1 N–H and O–H groups in total. The Kier molecular flexibility index (Phi) is 6.09. The predicted octanol–water partition coefficient (Wildman–Crippen LogP) is 4.89. The molecule has 0 spiro atoms. The van der Waals surface area contributed by atoms with Crippen LogP contribution in [-0.2, 0) is 9.59 Å². The lowest BCUT2D eigenvalue weighted by molar-refractivity contribution is -0.121. The minimum Gasteiger partial charge on any atom is -0.324 e. The number of para-hydroxylation sites is 2. The Labute approximate surface area is 178 Å². The smallest absolute Gasteiger partial charge is 0.247 e. The maximum atomic E-state index is 13.8. The topological polar surface area (TPSA) is 61.8 Å². The maximum Gasteiger partial charge on any atom is 0.247 e. The summed E-state index contributed by atoms with van der Waals surface area (Å²) >= 11 is 1.27. The molecule has 0 bridgehead atoms. The highest BCUT2D eigenvalue weighted by Gasteiger charge is 2.40. The summed E-state index contributed by atoms with van der Waals surface area (Å²) in [5, 5.41) is 2.47. The molecule has 2 aliphatic rings. The predicted molar refractivity (Wildman–Crippen MR) is 119 cm³/mol. The number of hydrogen-bond donors (Lipinski definition) is 1. The van der Waals surface area contributed by atoms with E-state index in [-0.39, 0.29) is 18.0 Å². The first-order valence-corrected chi connectivity index (χ1v) is 10.5. The number of nitrogens with one attached hydrogen (secondary N) is 1. The van der Waals surface area contributed by atoms with Gasteiger partial charge in [-0.2, -0.15) is 0 Å². The molecule has 4 rings (SSSR count). The van der Waals surface area contributed by atoms with Crippen molar-refractivity contribution in [3.63, 3.8) is 0 Å². The van der Waals surface area contributed by atoms with E-state index in [9.17, 15) is 14.0 Å². The maximum absolute atomic E-state index is 13.8. The molecule has 2 amide bonds. The second kappa shape index (κ2) is 9.09. The van der Waals surface area contributed by atoms with Crippen LogP contribution in [0.4, 0.5) is 15.8 Å². The number of carbonyl (C=O) groups is 2. The number of hydrogen-bond acceptors (Lipinski definition) is 4. The largest absolute Gasteiger partial charge is 0.324 e. The van der Waals surface area contributed by atoms with E-state index >= 15 is 0 Å². The van der Waals surface area contributed by atoms with Crippen molar-refractivity contribution in [3.8, 4) is 0 Å². The zero-order chi connectivity index (χ0) is 20.9. The molecule has 7 heteroatoms. The Bertz CT molecular complexity index is 1050. The summed E-state index contributed by atoms with van der Waals surface area (Å²) in [7, 11) is 0. The van der Waals surface area contributed by atoms with Gasteiger partial charge in [0.1, 0.15) is 11.1 Å². The van der Waals surface area contributed by atoms with Gasteiger partial charge in [-0.3, -0.25) is 14.5 Å². The number of allylic oxidation sites excluding steroid dienone is 4. The lowest BCUT2D eigenvalue weighted by Crippen LogP contribution is -2.33. The van der Waals surface area contributed by atoms with Crippen LogP contribution >= 0.6 is 11.8 Å². The highest BCUT2D eigenvalue weighted by atomic mass is 32.2. The molecule has 1 heterocycles. The number of carbonyl (C=O) groups excluding carboxylic acids is 2. The van der Waals surface area contributed by atoms with Crippen molar-refractivity contribution in [3.05, 3.63) is 84.3 Å². The number of aliphatic imine (C=N–C) groups is 1. The van der Waals surface area contributed by atoms with Crippen molar-refractivity contribution in [1.29, 1.82) is 0 Å². The first-order chi connectivity index (χ1) is 14.6. The van der Waals surface area contributed by atoms with E-state index in [2.05, 4.69) is 11.4 Å². The van der Waals surface area contributed by atoms with Crippen molar-refractivity contribution in [2.24, 2.45) is 4.99 Å². The molecule has 152 valence electrons. The third-order valence-electron chi connectivity index (χ3n) is 4.70. The Morgan fingerprint density at radius 1 is 1.17 bits per heavy atom. The molecule has 2 aromatic rings. The number of amidine groups is 1. The minimum atomic E-state index is -0.629. The molecule has 2 aromatic carbocycles. The zero-order valence-corrected chi connectivity index (χ0v) is 16.9. The number of anilines is 2. The molecule has 30 heavy (non-hydrogen) atoms. The van der Waals surface area contributed by atoms with E-state index in [1.165, 1.54) is 23.9 Å². The number of benzene rings is 2. The van der Waals surface area contributed by atoms with Gasteiger partial charge in [0.05, 0.1) is 11.4 Å². The van der Waals surface area contributed by atoms with Crippen molar-refractivity contribution in [1.82, 2.24) is 0 Å². The molecular weight excluding hydrogens is 401 g/mol. The number of nitrogens with zero attached hydrogens (tertiary/aromatic N) is 2. The van der Waals surface area contributed by atoms with Crippen molar-refractivity contribution in [2.45, 2.75) is 24.5 Å². The van der Waals surface area contributed by atoms with Crippen molar-refractivity contribution >= 4 is 40.1 Å². The number of halogens is 1. The summed E-state index contributed by atoms with van der Waals surface area (Å²) in [6.45, 7) is 0. The normalized spacial score (nSPS) is 19.8. The van der Waals surface area contributed by atoms with Gasteiger partial charge < -0.3 is 5.32 Å². The van der Waals surface area contributed by atoms with Gasteiger partial charge in [-0.15, -0.1) is 0 Å². The first-order valence-electron chi connectivity index (χ1n) is 9.66. The minimum absolute atomic E-state index is 0.0703. The van der Waals surface area contributed by atoms with Crippen molar-refractivity contribution < 1.29 is 14.0 Å². The lowest BCUT2D eigenvalue weighted by Gasteiger charge is -2.17. The summed E-state index contributed by atoms with van der Waals surface area (Å²) in [5.74, 6) is -1.14. The molecule has 1 atom stereocenters. The first kappa shape index (κ1) is 20.1. The van der Waals surface area contributed by atoms with Gasteiger partial charge in [0.25, 0.3) is 0 Å². The lowest BCUT2D eigenvalue weighted by atomic mass is 10.1. The van der Waals surface area contributed by atoms with Crippen molar-refractivity contribution in [2.75, 3.05) is 10.2 Å². The Balaban J connectivity index is 1.56. The SMILES string of the molecule is O=C(CC1SC(=NC2=CC=CCC2)N(c2ccccc2)C1=O)Nc1ccccc1F. The quantitative estimate of drug-likeness (QED) is 0.748. The van der Waals surface area contributed by atoms with Gasteiger partial charge in [-0.25, -0.2) is 9.38 Å². The summed E-state index contributed by atoms with van der Waals surface area (Å²) in [5.41, 5.74) is 1.70. The molecule has 1 aliphatic carbocycles. The molecule has 1 saturated heterocycles. The molecule has 0 aromatic heterocycles. The standard InChI is InChI=1S/C23H20FN3O2S/c24-18-13-7-8-14-19(18)26-21(28)15-20-22(29)27(17-11-5-2-6-12-17)23(30-20)25-16-9-3-1-4-10-16/h1-3,5-9,11-14,20H,4,10,15H2,(H,26,28).